The van der Waals surface area contributed by atoms with Crippen LogP contribution in [0.5, 0.6) is 0 Å². The molecule has 0 radical (unpaired) electrons. The van der Waals surface area contributed by atoms with Crippen LogP contribution in [-0.4, -0.2) is 58.0 Å². The number of halogens is 2. The van der Waals surface area contributed by atoms with Gasteiger partial charge in [0, 0.05) is 31.0 Å². The molecule has 11 heteroatoms. The molecular weight excluding hydrogens is 455 g/mol. The lowest BCUT2D eigenvalue weighted by atomic mass is 10.2. The van der Waals surface area contributed by atoms with Crippen molar-refractivity contribution < 1.29 is 14.3 Å². The molecule has 4 rings (SSSR count). The number of aromatic nitrogens is 3. The molecule has 0 saturated carbocycles. The van der Waals surface area contributed by atoms with Gasteiger partial charge >= 0.3 is 0 Å². The first-order valence-electron chi connectivity index (χ1n) is 9.69. The highest BCUT2D eigenvalue weighted by atomic mass is 35.5. The second-order valence-corrected chi connectivity index (χ2v) is 7.61. The van der Waals surface area contributed by atoms with Crippen molar-refractivity contribution in [2.24, 2.45) is 0 Å². The first kappa shape index (κ1) is 21.9. The minimum atomic E-state index is -0.448. The molecule has 1 aliphatic heterocycles. The average molecular weight is 473 g/mol. The molecule has 1 fully saturated rings. The Bertz CT molecular complexity index is 1130. The maximum absolute atomic E-state index is 12.6. The second-order valence-electron chi connectivity index (χ2n) is 6.80. The fourth-order valence-corrected chi connectivity index (χ4v) is 3.64. The number of nitrogens with zero attached hydrogens (tertiary/aromatic N) is 4. The van der Waals surface area contributed by atoms with Crippen LogP contribution < -0.4 is 10.6 Å². The van der Waals surface area contributed by atoms with Gasteiger partial charge in [-0.1, -0.05) is 29.3 Å². The minimum Gasteiger partial charge on any atom is -0.378 e. The van der Waals surface area contributed by atoms with Crippen molar-refractivity contribution in [3.63, 3.8) is 0 Å². The molecule has 2 amide bonds. The number of morpholine rings is 1. The summed E-state index contributed by atoms with van der Waals surface area (Å²) in [5.41, 5.74) is 0.869. The Morgan fingerprint density at radius 1 is 1.03 bits per heavy atom. The van der Waals surface area contributed by atoms with Crippen molar-refractivity contribution in [2.75, 3.05) is 36.9 Å². The number of hydrogen-bond donors (Lipinski definition) is 2. The van der Waals surface area contributed by atoms with Crippen molar-refractivity contribution in [1.82, 2.24) is 19.9 Å². The molecule has 0 aliphatic carbocycles. The Balaban J connectivity index is 1.47. The number of nitrogens with one attached hydrogen (secondary N) is 2. The number of rotatable bonds is 5. The lowest BCUT2D eigenvalue weighted by molar-refractivity contribution is 0.0299. The molecule has 0 unspecified atom stereocenters. The van der Waals surface area contributed by atoms with Crippen LogP contribution >= 0.6 is 23.2 Å². The summed E-state index contributed by atoms with van der Waals surface area (Å²) >= 11 is 12.2. The highest BCUT2D eigenvalue weighted by molar-refractivity contribution is 6.40. The minimum absolute atomic E-state index is 0.183. The molecule has 1 aliphatic rings. The molecule has 2 N–H and O–H groups in total. The van der Waals surface area contributed by atoms with Crippen LogP contribution in [0.4, 0.5) is 17.3 Å². The Kier molecular flexibility index (Phi) is 6.79. The van der Waals surface area contributed by atoms with Crippen LogP contribution in [-0.2, 0) is 4.74 Å². The molecule has 32 heavy (non-hydrogen) atoms. The summed E-state index contributed by atoms with van der Waals surface area (Å²) in [6, 6.07) is 8.07. The molecule has 0 atom stereocenters. The van der Waals surface area contributed by atoms with Crippen molar-refractivity contribution in [1.29, 1.82) is 0 Å². The van der Waals surface area contributed by atoms with Gasteiger partial charge in [0.15, 0.2) is 5.82 Å². The summed E-state index contributed by atoms with van der Waals surface area (Å²) in [7, 11) is 0. The van der Waals surface area contributed by atoms with Crippen LogP contribution in [0.15, 0.2) is 48.9 Å². The van der Waals surface area contributed by atoms with E-state index in [1.54, 1.807) is 35.2 Å². The summed E-state index contributed by atoms with van der Waals surface area (Å²) in [6.45, 7) is 2.02. The van der Waals surface area contributed by atoms with E-state index in [9.17, 15) is 9.59 Å². The van der Waals surface area contributed by atoms with Gasteiger partial charge in [-0.05, 0) is 18.2 Å². The summed E-state index contributed by atoms with van der Waals surface area (Å²) in [5, 5.41) is 6.24. The zero-order chi connectivity index (χ0) is 22.5. The standard InChI is InChI=1S/C21H18Cl2N6O3/c22-14-2-1-3-15(23)19(14)20(30)26-13-4-5-25-17(10-13)28-18-12-24-11-16(27-18)21(31)29-6-8-32-9-7-29/h1-5,10-12H,6-9H2,(H2,25,26,27,28,30). The SMILES string of the molecule is O=C(Nc1ccnc(Nc2cncc(C(=O)N3CCOCC3)n2)c1)c1c(Cl)cccc1Cl. The van der Waals surface area contributed by atoms with Gasteiger partial charge in [-0.3, -0.25) is 14.6 Å². The highest BCUT2D eigenvalue weighted by Gasteiger charge is 2.20. The monoisotopic (exact) mass is 472 g/mol. The Morgan fingerprint density at radius 2 is 1.78 bits per heavy atom. The van der Waals surface area contributed by atoms with E-state index in [-0.39, 0.29) is 27.2 Å². The lowest BCUT2D eigenvalue weighted by Crippen LogP contribution is -2.41. The van der Waals surface area contributed by atoms with Crippen LogP contribution in [0, 0.1) is 0 Å². The smallest absolute Gasteiger partial charge is 0.274 e. The highest BCUT2D eigenvalue weighted by Crippen LogP contribution is 2.26. The number of anilines is 3. The number of carbonyl (C=O) groups excluding carboxylic acids is 2. The van der Waals surface area contributed by atoms with Gasteiger partial charge in [0.1, 0.15) is 11.5 Å². The van der Waals surface area contributed by atoms with Gasteiger partial charge in [0.2, 0.25) is 0 Å². The first-order valence-corrected chi connectivity index (χ1v) is 10.4. The zero-order valence-corrected chi connectivity index (χ0v) is 18.2. The Morgan fingerprint density at radius 3 is 2.53 bits per heavy atom. The van der Waals surface area contributed by atoms with E-state index >= 15 is 0 Å². The van der Waals surface area contributed by atoms with E-state index in [1.165, 1.54) is 18.6 Å². The third-order valence-corrected chi connectivity index (χ3v) is 5.25. The molecule has 1 aromatic carbocycles. The molecule has 164 valence electrons. The predicted molar refractivity (Wildman–Crippen MR) is 121 cm³/mol. The van der Waals surface area contributed by atoms with E-state index in [1.807, 2.05) is 0 Å². The van der Waals surface area contributed by atoms with E-state index in [0.717, 1.165) is 0 Å². The number of pyridine rings is 1. The molecule has 9 nitrogen and oxygen atoms in total. The van der Waals surface area contributed by atoms with Crippen molar-refractivity contribution in [3.05, 3.63) is 70.2 Å². The number of hydrogen-bond acceptors (Lipinski definition) is 7. The van der Waals surface area contributed by atoms with Gasteiger partial charge in [-0.15, -0.1) is 0 Å². The number of amides is 2. The molecular formula is C21H18Cl2N6O3. The summed E-state index contributed by atoms with van der Waals surface area (Å²) in [6.07, 6.45) is 4.41. The van der Waals surface area contributed by atoms with Crippen molar-refractivity contribution >= 4 is 52.3 Å². The Labute approximate surface area is 193 Å². The predicted octanol–water partition coefficient (Wildman–Crippen LogP) is 3.65. The van der Waals surface area contributed by atoms with Gasteiger partial charge in [-0.25, -0.2) is 9.97 Å². The summed E-state index contributed by atoms with van der Waals surface area (Å²) in [5.74, 6) is 0.0817. The Hall–Kier alpha value is -3.27. The molecule has 0 bridgehead atoms. The number of benzene rings is 1. The summed E-state index contributed by atoms with van der Waals surface area (Å²) in [4.78, 5) is 39.6. The quantitative estimate of drug-likeness (QED) is 0.582. The average Bonchev–Trinajstić information content (AvgIpc) is 2.79. The van der Waals surface area contributed by atoms with Crippen molar-refractivity contribution in [3.8, 4) is 0 Å². The topological polar surface area (TPSA) is 109 Å². The third kappa shape index (κ3) is 5.13. The van der Waals surface area contributed by atoms with Crippen LogP contribution in [0.25, 0.3) is 0 Å². The van der Waals surface area contributed by atoms with Crippen molar-refractivity contribution in [2.45, 2.75) is 0 Å². The fraction of sp³-hybridized carbons (Fsp3) is 0.190. The maximum Gasteiger partial charge on any atom is 0.274 e. The van der Waals surface area contributed by atoms with E-state index < -0.39 is 5.91 Å². The molecule has 3 heterocycles. The first-order chi connectivity index (χ1) is 15.5. The second kappa shape index (κ2) is 9.90. The lowest BCUT2D eigenvalue weighted by Gasteiger charge is -2.26. The van der Waals surface area contributed by atoms with Gasteiger partial charge in [0.05, 0.1) is 41.2 Å². The van der Waals surface area contributed by atoms with Crippen LogP contribution in [0.1, 0.15) is 20.8 Å². The molecule has 2 aromatic heterocycles. The summed E-state index contributed by atoms with van der Waals surface area (Å²) < 4.78 is 5.27. The maximum atomic E-state index is 12.6. The largest absolute Gasteiger partial charge is 0.378 e. The van der Waals surface area contributed by atoms with Crippen LogP contribution in [0.2, 0.25) is 10.0 Å². The molecule has 1 saturated heterocycles. The van der Waals surface area contributed by atoms with E-state index in [0.29, 0.717) is 43.6 Å². The fourth-order valence-electron chi connectivity index (χ4n) is 3.07. The van der Waals surface area contributed by atoms with E-state index in [4.69, 9.17) is 27.9 Å². The third-order valence-electron chi connectivity index (χ3n) is 4.62. The van der Waals surface area contributed by atoms with Gasteiger partial charge in [-0.2, -0.15) is 0 Å². The van der Waals surface area contributed by atoms with Gasteiger partial charge in [0.25, 0.3) is 11.8 Å². The molecule has 0 spiro atoms. The van der Waals surface area contributed by atoms with Crippen LogP contribution in [0.3, 0.4) is 0 Å². The molecule has 3 aromatic rings. The number of ether oxygens (including phenoxy) is 1. The van der Waals surface area contributed by atoms with Gasteiger partial charge < -0.3 is 20.3 Å². The zero-order valence-electron chi connectivity index (χ0n) is 16.7. The number of carbonyl (C=O) groups is 2. The van der Waals surface area contributed by atoms with E-state index in [2.05, 4.69) is 25.6 Å². The normalized spacial score (nSPS) is 13.5.